The van der Waals surface area contributed by atoms with Gasteiger partial charge >= 0.3 is 0 Å². The minimum absolute atomic E-state index is 0.172. The molecule has 1 aromatic heterocycles. The minimum Gasteiger partial charge on any atom is -0.360 e. The van der Waals surface area contributed by atoms with Gasteiger partial charge in [0.25, 0.3) is 5.91 Å². The van der Waals surface area contributed by atoms with Gasteiger partial charge in [-0.2, -0.15) is 0 Å². The molecule has 0 aliphatic heterocycles. The second-order valence-corrected chi connectivity index (χ2v) is 6.35. The molecule has 110 valence electrons. The highest BCUT2D eigenvalue weighted by molar-refractivity contribution is 5.92. The van der Waals surface area contributed by atoms with Crippen LogP contribution in [-0.2, 0) is 0 Å². The first-order chi connectivity index (χ1) is 9.66. The lowest BCUT2D eigenvalue weighted by atomic mass is 9.91. The molecule has 2 aliphatic rings. The molecule has 0 bridgehead atoms. The molecular formula is C15H23N3O2. The van der Waals surface area contributed by atoms with Crippen molar-refractivity contribution in [3.05, 3.63) is 17.5 Å². The Morgan fingerprint density at radius 1 is 1.35 bits per heavy atom. The van der Waals surface area contributed by atoms with Gasteiger partial charge in [0.15, 0.2) is 5.69 Å². The summed E-state index contributed by atoms with van der Waals surface area (Å²) in [5, 5.41) is 6.78. The molecule has 3 N–H and O–H groups in total. The molecule has 1 heterocycles. The summed E-state index contributed by atoms with van der Waals surface area (Å²) in [6.45, 7) is 0.525. The molecule has 5 nitrogen and oxygen atoms in total. The first kappa shape index (κ1) is 13.6. The average molecular weight is 277 g/mol. The number of hydrogen-bond acceptors (Lipinski definition) is 4. The maximum atomic E-state index is 12.1. The van der Waals surface area contributed by atoms with Gasteiger partial charge in [-0.15, -0.1) is 0 Å². The molecule has 20 heavy (non-hydrogen) atoms. The zero-order chi connectivity index (χ0) is 14.0. The van der Waals surface area contributed by atoms with Crippen LogP contribution in [0.5, 0.6) is 0 Å². The maximum absolute atomic E-state index is 12.1. The highest BCUT2D eigenvalue weighted by Crippen LogP contribution is 2.40. The fraction of sp³-hybridized carbons (Fsp3) is 0.733. The topological polar surface area (TPSA) is 81.1 Å². The Labute approximate surface area is 119 Å². The fourth-order valence-electron chi connectivity index (χ4n) is 2.91. The van der Waals surface area contributed by atoms with E-state index in [-0.39, 0.29) is 11.4 Å². The number of nitrogens with two attached hydrogens (primary N) is 1. The molecule has 0 unspecified atom stereocenters. The summed E-state index contributed by atoms with van der Waals surface area (Å²) in [6, 6.07) is 1.77. The van der Waals surface area contributed by atoms with Gasteiger partial charge in [0.2, 0.25) is 0 Å². The third-order valence-corrected chi connectivity index (χ3v) is 4.44. The number of hydrogen-bond donors (Lipinski definition) is 2. The molecule has 1 amide bonds. The van der Waals surface area contributed by atoms with Gasteiger partial charge < -0.3 is 15.6 Å². The first-order valence-corrected chi connectivity index (χ1v) is 7.70. The Kier molecular flexibility index (Phi) is 3.78. The van der Waals surface area contributed by atoms with E-state index in [0.717, 1.165) is 44.3 Å². The number of nitrogens with zero attached hydrogens (tertiary/aromatic N) is 1. The van der Waals surface area contributed by atoms with Crippen LogP contribution < -0.4 is 11.1 Å². The molecule has 0 spiro atoms. The zero-order valence-electron chi connectivity index (χ0n) is 11.9. The third-order valence-electron chi connectivity index (χ3n) is 4.44. The molecule has 0 atom stereocenters. The van der Waals surface area contributed by atoms with Gasteiger partial charge in [0, 0.05) is 24.1 Å². The molecular weight excluding hydrogens is 254 g/mol. The van der Waals surface area contributed by atoms with Gasteiger partial charge in [0.1, 0.15) is 5.76 Å². The van der Waals surface area contributed by atoms with E-state index in [9.17, 15) is 4.79 Å². The molecule has 5 heteroatoms. The number of amides is 1. The number of aromatic nitrogens is 1. The van der Waals surface area contributed by atoms with Crippen molar-refractivity contribution in [2.45, 2.75) is 62.8 Å². The normalized spacial score (nSPS) is 22.2. The van der Waals surface area contributed by atoms with Crippen LogP contribution in [0, 0.1) is 0 Å². The van der Waals surface area contributed by atoms with Gasteiger partial charge in [-0.05, 0) is 25.7 Å². The Morgan fingerprint density at radius 2 is 2.05 bits per heavy atom. The minimum atomic E-state index is -0.255. The first-order valence-electron chi connectivity index (χ1n) is 7.70. The van der Waals surface area contributed by atoms with Crippen LogP contribution in [0.1, 0.15) is 73.5 Å². The van der Waals surface area contributed by atoms with Crippen molar-refractivity contribution in [1.82, 2.24) is 10.5 Å². The van der Waals surface area contributed by atoms with Crippen molar-refractivity contribution in [2.75, 3.05) is 6.54 Å². The summed E-state index contributed by atoms with van der Waals surface area (Å²) in [5.74, 6) is 1.15. The molecule has 3 rings (SSSR count). The van der Waals surface area contributed by atoms with E-state index in [4.69, 9.17) is 10.3 Å². The van der Waals surface area contributed by atoms with Crippen molar-refractivity contribution >= 4 is 5.91 Å². The predicted octanol–water partition coefficient (Wildman–Crippen LogP) is 2.33. The van der Waals surface area contributed by atoms with E-state index in [1.54, 1.807) is 6.07 Å². The molecule has 2 saturated carbocycles. The lowest BCUT2D eigenvalue weighted by Crippen LogP contribution is -2.49. The van der Waals surface area contributed by atoms with E-state index in [0.29, 0.717) is 18.2 Å². The Bertz CT molecular complexity index is 471. The highest BCUT2D eigenvalue weighted by atomic mass is 16.5. The summed E-state index contributed by atoms with van der Waals surface area (Å²) in [6.07, 6.45) is 9.06. The summed E-state index contributed by atoms with van der Waals surface area (Å²) < 4.78 is 5.20. The lowest BCUT2D eigenvalue weighted by Gasteiger charge is -2.28. The predicted molar refractivity (Wildman–Crippen MR) is 75.4 cm³/mol. The molecule has 1 aromatic rings. The third kappa shape index (κ3) is 3.20. The van der Waals surface area contributed by atoms with Crippen LogP contribution in [0.2, 0.25) is 0 Å². The molecule has 0 saturated heterocycles. The Morgan fingerprint density at radius 3 is 2.70 bits per heavy atom. The van der Waals surface area contributed by atoms with E-state index in [1.165, 1.54) is 12.8 Å². The second kappa shape index (κ2) is 5.56. The highest BCUT2D eigenvalue weighted by Gasteiger charge is 2.30. The van der Waals surface area contributed by atoms with Crippen molar-refractivity contribution in [2.24, 2.45) is 5.73 Å². The van der Waals surface area contributed by atoms with Crippen LogP contribution in [0.4, 0.5) is 0 Å². The molecule has 0 radical (unpaired) electrons. The van der Waals surface area contributed by atoms with E-state index < -0.39 is 0 Å². The van der Waals surface area contributed by atoms with E-state index in [2.05, 4.69) is 10.5 Å². The smallest absolute Gasteiger partial charge is 0.273 e. The van der Waals surface area contributed by atoms with Crippen LogP contribution in [0.3, 0.4) is 0 Å². The number of carbonyl (C=O) groups is 1. The van der Waals surface area contributed by atoms with Crippen LogP contribution in [0.15, 0.2) is 10.6 Å². The monoisotopic (exact) mass is 277 g/mol. The Balaban J connectivity index is 1.54. The van der Waals surface area contributed by atoms with Crippen molar-refractivity contribution in [3.63, 3.8) is 0 Å². The summed E-state index contributed by atoms with van der Waals surface area (Å²) in [5.41, 5.74) is 6.51. The molecule has 2 aliphatic carbocycles. The quantitative estimate of drug-likeness (QED) is 0.828. The van der Waals surface area contributed by atoms with Crippen molar-refractivity contribution in [1.29, 1.82) is 0 Å². The number of carbonyl (C=O) groups excluding carboxylic acids is 1. The standard InChI is InChI=1S/C15H23N3O2/c16-15(7-3-1-2-4-8-15)10-17-14(19)12-9-13(20-18-12)11-5-6-11/h9,11H,1-8,10,16H2,(H,17,19). The zero-order valence-corrected chi connectivity index (χ0v) is 11.9. The van der Waals surface area contributed by atoms with Crippen molar-refractivity contribution in [3.8, 4) is 0 Å². The van der Waals surface area contributed by atoms with E-state index >= 15 is 0 Å². The summed E-state index contributed by atoms with van der Waals surface area (Å²) >= 11 is 0. The number of rotatable bonds is 4. The SMILES string of the molecule is NC1(CNC(=O)c2cc(C3CC3)on2)CCCCCC1. The molecule has 0 aromatic carbocycles. The van der Waals surface area contributed by atoms with Gasteiger partial charge in [-0.1, -0.05) is 30.8 Å². The van der Waals surface area contributed by atoms with Crippen LogP contribution in [0.25, 0.3) is 0 Å². The maximum Gasteiger partial charge on any atom is 0.273 e. The molecule has 2 fully saturated rings. The summed E-state index contributed by atoms with van der Waals surface area (Å²) in [7, 11) is 0. The fourth-order valence-corrected chi connectivity index (χ4v) is 2.91. The number of nitrogens with one attached hydrogen (secondary N) is 1. The van der Waals surface area contributed by atoms with Gasteiger partial charge in [0.05, 0.1) is 0 Å². The van der Waals surface area contributed by atoms with Crippen LogP contribution in [-0.4, -0.2) is 23.1 Å². The van der Waals surface area contributed by atoms with E-state index in [1.807, 2.05) is 0 Å². The second-order valence-electron chi connectivity index (χ2n) is 6.35. The Hall–Kier alpha value is -1.36. The van der Waals surface area contributed by atoms with Gasteiger partial charge in [-0.25, -0.2) is 0 Å². The van der Waals surface area contributed by atoms with Crippen LogP contribution >= 0.6 is 0 Å². The van der Waals surface area contributed by atoms with Crippen molar-refractivity contribution < 1.29 is 9.32 Å². The summed E-state index contributed by atoms with van der Waals surface area (Å²) in [4.78, 5) is 12.1. The largest absolute Gasteiger partial charge is 0.360 e. The lowest BCUT2D eigenvalue weighted by molar-refractivity contribution is 0.0932. The average Bonchev–Trinajstić information content (AvgIpc) is 3.21. The van der Waals surface area contributed by atoms with Gasteiger partial charge in [-0.3, -0.25) is 4.79 Å².